The number of aromatic amines is 1. The summed E-state index contributed by atoms with van der Waals surface area (Å²) >= 11 is 0. The molecule has 1 unspecified atom stereocenters. The molecule has 2 saturated heterocycles. The first-order valence-electron chi connectivity index (χ1n) is 20.3. The average molecular weight is 856 g/mol. The van der Waals surface area contributed by atoms with Crippen LogP contribution in [0, 0.1) is 5.82 Å². The molecule has 18 nitrogen and oxygen atoms in total. The maximum absolute atomic E-state index is 14.9. The highest BCUT2D eigenvalue weighted by Gasteiger charge is 2.45. The number of nitrogens with one attached hydrogen (secondary N) is 3. The monoisotopic (exact) mass is 855 g/mol. The maximum atomic E-state index is 14.9. The fourth-order valence-corrected chi connectivity index (χ4v) is 7.51. The van der Waals surface area contributed by atoms with Gasteiger partial charge in [-0.05, 0) is 42.3 Å². The summed E-state index contributed by atoms with van der Waals surface area (Å²) in [6.07, 6.45) is 0.406. The average Bonchev–Trinajstić information content (AvgIpc) is 3.53. The number of hydrogen-bond acceptors (Lipinski definition) is 13. The van der Waals surface area contributed by atoms with E-state index in [2.05, 4.69) is 20.8 Å². The van der Waals surface area contributed by atoms with Crippen molar-refractivity contribution in [3.8, 4) is 0 Å². The Bertz CT molecular complexity index is 2400. The lowest BCUT2D eigenvalue weighted by Crippen LogP contribution is -2.54. The first-order valence-corrected chi connectivity index (χ1v) is 20.3. The van der Waals surface area contributed by atoms with Crippen molar-refractivity contribution in [1.29, 1.82) is 0 Å². The predicted octanol–water partition coefficient (Wildman–Crippen LogP) is 1.52. The van der Waals surface area contributed by atoms with Crippen LogP contribution >= 0.6 is 0 Å². The molecule has 326 valence electrons. The van der Waals surface area contributed by atoms with E-state index in [0.717, 1.165) is 4.90 Å². The van der Waals surface area contributed by atoms with Crippen LogP contribution in [-0.2, 0) is 39.8 Å². The maximum Gasteiger partial charge on any atom is 0.272 e. The first kappa shape index (κ1) is 43.7. The zero-order valence-electron chi connectivity index (χ0n) is 33.8. The molecule has 7 rings (SSSR count). The smallest absolute Gasteiger partial charge is 0.272 e. The number of H-pyrrole nitrogens is 1. The number of hydrogen-bond donors (Lipinski definition) is 3. The standard InChI is InChI=1S/C43H46FN7O11/c44-32-9-8-27(25-34-28-4-1-2-5-29(28)39(54)48-47-34)24-31(32)41(56)50-15-13-49(14-16-50)37(53)26-62-23-22-61-21-20-60-19-18-59-17-12-45-33-7-3-6-30-38(33)43(58)51(42(30)57)35-10-11-36(52)46-40(35)55/h1-9,24,35,45H,10-23,25-26H2,(H,48,54)(H,46,52,55). The summed E-state index contributed by atoms with van der Waals surface area (Å²) < 4.78 is 37.0. The molecule has 3 aliphatic rings. The van der Waals surface area contributed by atoms with Gasteiger partial charge in [-0.2, -0.15) is 5.10 Å². The molecule has 62 heavy (non-hydrogen) atoms. The van der Waals surface area contributed by atoms with Gasteiger partial charge in [-0.1, -0.05) is 30.3 Å². The van der Waals surface area contributed by atoms with Gasteiger partial charge in [0.1, 0.15) is 18.5 Å². The molecule has 3 aromatic carbocycles. The van der Waals surface area contributed by atoms with Crippen LogP contribution in [0.3, 0.4) is 0 Å². The van der Waals surface area contributed by atoms with Crippen molar-refractivity contribution in [3.63, 3.8) is 0 Å². The normalized spacial score (nSPS) is 16.5. The molecule has 6 amide bonds. The van der Waals surface area contributed by atoms with E-state index in [1.54, 1.807) is 41.3 Å². The minimum Gasteiger partial charge on any atom is -0.382 e. The molecule has 2 fully saturated rings. The van der Waals surface area contributed by atoms with E-state index in [9.17, 15) is 38.0 Å². The first-order chi connectivity index (χ1) is 30.1. The van der Waals surface area contributed by atoms with Gasteiger partial charge in [-0.3, -0.25) is 43.8 Å². The van der Waals surface area contributed by atoms with Crippen molar-refractivity contribution in [2.45, 2.75) is 25.3 Å². The number of carbonyl (C=O) groups is 6. The van der Waals surface area contributed by atoms with Crippen LogP contribution in [0.2, 0.25) is 0 Å². The van der Waals surface area contributed by atoms with Crippen molar-refractivity contribution in [2.24, 2.45) is 0 Å². The largest absolute Gasteiger partial charge is 0.382 e. The molecule has 0 bridgehead atoms. The minimum atomic E-state index is -1.04. The summed E-state index contributed by atoms with van der Waals surface area (Å²) in [5, 5.41) is 13.2. The Kier molecular flexibility index (Phi) is 14.4. The topological polar surface area (TPSA) is 219 Å². The Morgan fingerprint density at radius 1 is 0.774 bits per heavy atom. The number of fused-ring (bicyclic) bond motifs is 2. The number of benzene rings is 3. The minimum absolute atomic E-state index is 0.0434. The number of anilines is 1. The summed E-state index contributed by atoms with van der Waals surface area (Å²) in [6.45, 7) is 3.21. The van der Waals surface area contributed by atoms with Crippen molar-refractivity contribution >= 4 is 51.9 Å². The number of halogens is 1. The number of ether oxygens (including phenoxy) is 4. The van der Waals surface area contributed by atoms with E-state index in [4.69, 9.17) is 18.9 Å². The second-order valence-corrected chi connectivity index (χ2v) is 14.7. The van der Waals surface area contributed by atoms with Crippen molar-refractivity contribution in [2.75, 3.05) is 90.9 Å². The lowest BCUT2D eigenvalue weighted by molar-refractivity contribution is -0.138. The third-order valence-corrected chi connectivity index (χ3v) is 10.7. The van der Waals surface area contributed by atoms with Crippen LogP contribution in [0.1, 0.15) is 55.2 Å². The molecule has 3 N–H and O–H groups in total. The highest BCUT2D eigenvalue weighted by Crippen LogP contribution is 2.32. The number of aromatic nitrogens is 2. The zero-order chi connectivity index (χ0) is 43.6. The van der Waals surface area contributed by atoms with Gasteiger partial charge in [-0.15, -0.1) is 0 Å². The van der Waals surface area contributed by atoms with Gasteiger partial charge in [0.25, 0.3) is 23.3 Å². The number of nitrogens with zero attached hydrogens (tertiary/aromatic N) is 4. The van der Waals surface area contributed by atoms with Crippen LogP contribution in [0.4, 0.5) is 10.1 Å². The van der Waals surface area contributed by atoms with E-state index in [1.165, 1.54) is 23.1 Å². The highest BCUT2D eigenvalue weighted by atomic mass is 19.1. The van der Waals surface area contributed by atoms with Crippen LogP contribution in [0.25, 0.3) is 10.8 Å². The van der Waals surface area contributed by atoms with Gasteiger partial charge in [0.2, 0.25) is 17.7 Å². The van der Waals surface area contributed by atoms with Crippen molar-refractivity contribution in [1.82, 2.24) is 30.2 Å². The van der Waals surface area contributed by atoms with E-state index in [-0.39, 0.29) is 93.4 Å². The van der Waals surface area contributed by atoms with E-state index >= 15 is 0 Å². The summed E-state index contributed by atoms with van der Waals surface area (Å²) in [7, 11) is 0. The predicted molar refractivity (Wildman–Crippen MR) is 219 cm³/mol. The van der Waals surface area contributed by atoms with E-state index < -0.39 is 41.4 Å². The van der Waals surface area contributed by atoms with Gasteiger partial charge in [0, 0.05) is 56.6 Å². The molecular weight excluding hydrogens is 810 g/mol. The van der Waals surface area contributed by atoms with Crippen LogP contribution < -0.4 is 16.2 Å². The fourth-order valence-electron chi connectivity index (χ4n) is 7.51. The summed E-state index contributed by atoms with van der Waals surface area (Å²) in [4.78, 5) is 92.4. The second kappa shape index (κ2) is 20.4. The molecule has 0 saturated carbocycles. The van der Waals surface area contributed by atoms with Gasteiger partial charge in [0.05, 0.1) is 74.0 Å². The Labute approximate surface area is 354 Å². The summed E-state index contributed by atoms with van der Waals surface area (Å²) in [5.41, 5.74) is 1.70. The summed E-state index contributed by atoms with van der Waals surface area (Å²) in [5.74, 6) is -3.60. The zero-order valence-corrected chi connectivity index (χ0v) is 33.8. The molecule has 3 aliphatic heterocycles. The number of amides is 6. The second-order valence-electron chi connectivity index (χ2n) is 14.7. The Morgan fingerprint density at radius 2 is 1.45 bits per heavy atom. The van der Waals surface area contributed by atoms with Gasteiger partial charge in [0.15, 0.2) is 0 Å². The molecule has 4 aromatic rings. The van der Waals surface area contributed by atoms with Gasteiger partial charge in [-0.25, -0.2) is 9.49 Å². The van der Waals surface area contributed by atoms with Crippen LogP contribution in [0.5, 0.6) is 0 Å². The molecule has 1 atom stereocenters. The SMILES string of the molecule is O=C1CCC(N2C(=O)c3cccc(NCCOCCOCCOCCOCC(=O)N4CCN(C(=O)c5cc(Cc6n[nH]c(=O)c7ccccc67)ccc5F)CC4)c3C2=O)C(=O)N1. The Balaban J connectivity index is 0.718. The van der Waals surface area contributed by atoms with Gasteiger partial charge >= 0.3 is 0 Å². The number of piperazine rings is 1. The molecular formula is C43H46FN7O11. The summed E-state index contributed by atoms with van der Waals surface area (Å²) in [6, 6.07) is 15.2. The molecule has 4 heterocycles. The van der Waals surface area contributed by atoms with Crippen molar-refractivity contribution < 1.29 is 52.1 Å². The third kappa shape index (κ3) is 10.2. The van der Waals surface area contributed by atoms with Gasteiger partial charge < -0.3 is 34.1 Å². The Hall–Kier alpha value is -6.41. The molecule has 19 heteroatoms. The number of carbonyl (C=O) groups excluding carboxylic acids is 6. The number of rotatable bonds is 19. The van der Waals surface area contributed by atoms with Crippen LogP contribution in [0.15, 0.2) is 65.5 Å². The molecule has 0 aliphatic carbocycles. The third-order valence-electron chi connectivity index (χ3n) is 10.7. The number of piperidine rings is 1. The molecule has 0 radical (unpaired) electrons. The lowest BCUT2D eigenvalue weighted by atomic mass is 10.0. The number of imide groups is 2. The van der Waals surface area contributed by atoms with E-state index in [1.807, 2.05) is 6.07 Å². The van der Waals surface area contributed by atoms with Crippen molar-refractivity contribution in [3.05, 3.63) is 105 Å². The molecule has 1 aromatic heterocycles. The lowest BCUT2D eigenvalue weighted by Gasteiger charge is -2.34. The quantitative estimate of drug-likeness (QED) is 0.0902. The van der Waals surface area contributed by atoms with Crippen LogP contribution in [-0.4, -0.2) is 152 Å². The van der Waals surface area contributed by atoms with E-state index in [0.29, 0.717) is 67.3 Å². The Morgan fingerprint density at radius 3 is 2.18 bits per heavy atom. The fraction of sp³-hybridized carbons (Fsp3) is 0.395. The molecule has 0 spiro atoms. The highest BCUT2D eigenvalue weighted by molar-refractivity contribution is 6.25.